The number of hydrogen-bond acceptors (Lipinski definition) is 3. The van der Waals surface area contributed by atoms with E-state index in [9.17, 15) is 9.59 Å². The van der Waals surface area contributed by atoms with E-state index in [1.165, 1.54) is 25.3 Å². The monoisotopic (exact) mass is 340 g/mol. The molecule has 2 heterocycles. The van der Waals surface area contributed by atoms with Crippen molar-refractivity contribution in [1.82, 2.24) is 9.88 Å². The highest BCUT2D eigenvalue weighted by Crippen LogP contribution is 2.39. The smallest absolute Gasteiger partial charge is 0.252 e. The van der Waals surface area contributed by atoms with Crippen LogP contribution in [0.15, 0.2) is 35.1 Å². The van der Waals surface area contributed by atoms with Gasteiger partial charge in [-0.05, 0) is 25.3 Å². The Balaban J connectivity index is 1.57. The number of aryl methyl sites for hydroxylation is 1. The molecule has 1 aromatic heterocycles. The normalized spacial score (nSPS) is 22.4. The molecule has 1 spiro atoms. The van der Waals surface area contributed by atoms with Gasteiger partial charge in [-0.25, -0.2) is 0 Å². The molecule has 1 atom stereocenters. The van der Waals surface area contributed by atoms with Crippen molar-refractivity contribution in [1.29, 1.82) is 0 Å². The van der Waals surface area contributed by atoms with E-state index in [0.717, 1.165) is 30.2 Å². The Labute approximate surface area is 147 Å². The zero-order valence-corrected chi connectivity index (χ0v) is 14.6. The summed E-state index contributed by atoms with van der Waals surface area (Å²) in [6.45, 7) is 0.564. The standard InChI is InChI=1S/C20H24N2O3/c1-22-17-8-4-3-7-15(17)16(11-18(22)23)19(24)21-14-12-20(25-13-14)9-5-2-6-10-20/h3-4,7-8,11,14H,2,5-6,9-10,12-13H2,1H3,(H,21,24)/t14-/m0/s1. The third-order valence-electron chi connectivity index (χ3n) is 5.71. The lowest BCUT2D eigenvalue weighted by molar-refractivity contribution is -0.0246. The molecule has 1 aliphatic carbocycles. The van der Waals surface area contributed by atoms with Crippen molar-refractivity contribution in [2.24, 2.45) is 7.05 Å². The Hall–Kier alpha value is -2.14. The van der Waals surface area contributed by atoms with Crippen LogP contribution in [0.5, 0.6) is 0 Å². The molecule has 2 fully saturated rings. The molecule has 4 rings (SSSR count). The zero-order chi connectivity index (χ0) is 17.4. The fourth-order valence-electron chi connectivity index (χ4n) is 4.34. The van der Waals surface area contributed by atoms with Gasteiger partial charge in [0.1, 0.15) is 0 Å². The molecule has 0 unspecified atom stereocenters. The highest BCUT2D eigenvalue weighted by molar-refractivity contribution is 6.06. The zero-order valence-electron chi connectivity index (χ0n) is 14.6. The molecule has 25 heavy (non-hydrogen) atoms. The minimum Gasteiger partial charge on any atom is -0.373 e. The summed E-state index contributed by atoms with van der Waals surface area (Å²) in [5, 5.41) is 3.89. The van der Waals surface area contributed by atoms with E-state index < -0.39 is 0 Å². The summed E-state index contributed by atoms with van der Waals surface area (Å²) in [4.78, 5) is 25.0. The number of carbonyl (C=O) groups is 1. The first-order valence-corrected chi connectivity index (χ1v) is 9.12. The highest BCUT2D eigenvalue weighted by Gasteiger charge is 2.41. The van der Waals surface area contributed by atoms with Gasteiger partial charge in [0.2, 0.25) is 0 Å². The van der Waals surface area contributed by atoms with Crippen LogP contribution < -0.4 is 10.9 Å². The lowest BCUT2D eigenvalue weighted by Crippen LogP contribution is -2.38. The number of aromatic nitrogens is 1. The Bertz CT molecular complexity index is 865. The first kappa shape index (κ1) is 16.3. The van der Waals surface area contributed by atoms with Gasteiger partial charge in [-0.2, -0.15) is 0 Å². The first-order chi connectivity index (χ1) is 12.1. The number of fused-ring (bicyclic) bond motifs is 1. The van der Waals surface area contributed by atoms with Crippen LogP contribution in [-0.4, -0.2) is 28.7 Å². The molecular weight excluding hydrogens is 316 g/mol. The molecule has 1 aliphatic heterocycles. The number of benzene rings is 1. The third kappa shape index (κ3) is 2.97. The van der Waals surface area contributed by atoms with Gasteiger partial charge < -0.3 is 14.6 Å². The molecule has 2 aromatic rings. The molecule has 5 heteroatoms. The van der Waals surface area contributed by atoms with Crippen LogP contribution in [0.3, 0.4) is 0 Å². The number of amides is 1. The molecule has 1 aromatic carbocycles. The van der Waals surface area contributed by atoms with Crippen molar-refractivity contribution in [3.8, 4) is 0 Å². The summed E-state index contributed by atoms with van der Waals surface area (Å²) in [6, 6.07) is 8.97. The highest BCUT2D eigenvalue weighted by atomic mass is 16.5. The van der Waals surface area contributed by atoms with E-state index >= 15 is 0 Å². The average molecular weight is 340 g/mol. The SMILES string of the molecule is Cn1c(=O)cc(C(=O)N[C@@H]2COC3(CCCCC3)C2)c2ccccc21. The molecule has 1 N–H and O–H groups in total. The van der Waals surface area contributed by atoms with Gasteiger partial charge >= 0.3 is 0 Å². The van der Waals surface area contributed by atoms with E-state index in [0.29, 0.717) is 12.2 Å². The fourth-order valence-corrected chi connectivity index (χ4v) is 4.34. The molecule has 132 valence electrons. The van der Waals surface area contributed by atoms with Crippen molar-refractivity contribution >= 4 is 16.8 Å². The maximum atomic E-state index is 12.8. The molecule has 1 amide bonds. The summed E-state index contributed by atoms with van der Waals surface area (Å²) < 4.78 is 7.65. The van der Waals surface area contributed by atoms with Crippen LogP contribution in [-0.2, 0) is 11.8 Å². The van der Waals surface area contributed by atoms with Crippen LogP contribution in [0.4, 0.5) is 0 Å². The van der Waals surface area contributed by atoms with Crippen LogP contribution >= 0.6 is 0 Å². The lowest BCUT2D eigenvalue weighted by Gasteiger charge is -2.32. The van der Waals surface area contributed by atoms with Crippen LogP contribution in [0.2, 0.25) is 0 Å². The number of para-hydroxylation sites is 1. The van der Waals surface area contributed by atoms with E-state index in [4.69, 9.17) is 4.74 Å². The van der Waals surface area contributed by atoms with Gasteiger partial charge in [0.15, 0.2) is 0 Å². The van der Waals surface area contributed by atoms with Crippen molar-refractivity contribution in [2.45, 2.75) is 50.2 Å². The molecule has 0 radical (unpaired) electrons. The van der Waals surface area contributed by atoms with Crippen LogP contribution in [0.1, 0.15) is 48.9 Å². The van der Waals surface area contributed by atoms with Crippen molar-refractivity contribution in [3.05, 3.63) is 46.2 Å². The number of nitrogens with one attached hydrogen (secondary N) is 1. The van der Waals surface area contributed by atoms with Gasteiger partial charge in [-0.3, -0.25) is 9.59 Å². The fraction of sp³-hybridized carbons (Fsp3) is 0.500. The van der Waals surface area contributed by atoms with Crippen molar-refractivity contribution in [2.75, 3.05) is 6.61 Å². The van der Waals surface area contributed by atoms with Gasteiger partial charge in [-0.15, -0.1) is 0 Å². The van der Waals surface area contributed by atoms with Gasteiger partial charge in [0, 0.05) is 18.5 Å². The van der Waals surface area contributed by atoms with E-state index in [-0.39, 0.29) is 23.1 Å². The maximum absolute atomic E-state index is 12.8. The van der Waals surface area contributed by atoms with Crippen LogP contribution in [0, 0.1) is 0 Å². The maximum Gasteiger partial charge on any atom is 0.252 e. The van der Waals surface area contributed by atoms with Crippen molar-refractivity contribution < 1.29 is 9.53 Å². The minimum atomic E-state index is -0.185. The summed E-state index contributed by atoms with van der Waals surface area (Å²) >= 11 is 0. The van der Waals surface area contributed by atoms with E-state index in [1.54, 1.807) is 11.6 Å². The second kappa shape index (κ2) is 6.30. The van der Waals surface area contributed by atoms with Gasteiger partial charge in [-0.1, -0.05) is 37.5 Å². The Kier molecular flexibility index (Phi) is 4.12. The molecule has 5 nitrogen and oxygen atoms in total. The second-order valence-corrected chi connectivity index (χ2v) is 7.40. The molecule has 1 saturated heterocycles. The molecular formula is C20H24N2O3. The minimum absolute atomic E-state index is 0.0217. The average Bonchev–Trinajstić information content (AvgIpc) is 3.00. The Morgan fingerprint density at radius 2 is 2.00 bits per heavy atom. The second-order valence-electron chi connectivity index (χ2n) is 7.40. The topological polar surface area (TPSA) is 60.3 Å². The third-order valence-corrected chi connectivity index (χ3v) is 5.71. The summed E-state index contributed by atoms with van der Waals surface area (Å²) in [7, 11) is 1.73. The molecule has 2 aliphatic rings. The Morgan fingerprint density at radius 3 is 2.80 bits per heavy atom. The molecule has 1 saturated carbocycles. The number of ether oxygens (including phenoxy) is 1. The summed E-state index contributed by atoms with van der Waals surface area (Å²) in [6.07, 6.45) is 6.76. The number of hydrogen-bond donors (Lipinski definition) is 1. The van der Waals surface area contributed by atoms with Gasteiger partial charge in [0.25, 0.3) is 11.5 Å². The van der Waals surface area contributed by atoms with Gasteiger partial charge in [0.05, 0.1) is 29.3 Å². The number of carbonyl (C=O) groups excluding carboxylic acids is 1. The predicted octanol–water partition coefficient (Wildman–Crippen LogP) is 2.76. The van der Waals surface area contributed by atoms with E-state index in [1.807, 2.05) is 24.3 Å². The molecule has 0 bridgehead atoms. The first-order valence-electron chi connectivity index (χ1n) is 9.12. The summed E-state index contributed by atoms with van der Waals surface area (Å²) in [5.41, 5.74) is 1.01. The summed E-state index contributed by atoms with van der Waals surface area (Å²) in [5.74, 6) is -0.185. The number of pyridine rings is 1. The number of nitrogens with zero attached hydrogens (tertiary/aromatic N) is 1. The van der Waals surface area contributed by atoms with E-state index in [2.05, 4.69) is 5.32 Å². The Morgan fingerprint density at radius 1 is 1.24 bits per heavy atom. The number of rotatable bonds is 2. The van der Waals surface area contributed by atoms with Crippen LogP contribution in [0.25, 0.3) is 10.9 Å². The van der Waals surface area contributed by atoms with Crippen molar-refractivity contribution in [3.63, 3.8) is 0 Å². The largest absolute Gasteiger partial charge is 0.373 e. The quantitative estimate of drug-likeness (QED) is 0.914. The predicted molar refractivity (Wildman–Crippen MR) is 96.8 cm³/mol. The lowest BCUT2D eigenvalue weighted by atomic mass is 9.82.